The molecule has 1 aliphatic rings. The largest absolute Gasteiger partial charge is 0.303 e. The highest BCUT2D eigenvalue weighted by molar-refractivity contribution is 5.33. The summed E-state index contributed by atoms with van der Waals surface area (Å²) >= 11 is 0. The number of rotatable bonds is 2. The predicted octanol–water partition coefficient (Wildman–Crippen LogP) is 3.60. The van der Waals surface area contributed by atoms with E-state index in [1.54, 1.807) is 0 Å². The molecule has 0 spiro atoms. The first-order valence-corrected chi connectivity index (χ1v) is 6.93. The standard InChI is InChI=1S/C17H23N/c1-17(2)12-6-11-16(14-17)18-13-7-10-15-8-4-3-5-9-15/h3-5,8-9,16,18H,6,11-14H2,1-2H3. The van der Waals surface area contributed by atoms with E-state index in [2.05, 4.69) is 43.1 Å². The van der Waals surface area contributed by atoms with E-state index in [0.29, 0.717) is 11.5 Å². The minimum absolute atomic E-state index is 0.503. The average molecular weight is 241 g/mol. The highest BCUT2D eigenvalue weighted by atomic mass is 14.9. The van der Waals surface area contributed by atoms with Crippen LogP contribution in [0.5, 0.6) is 0 Å². The van der Waals surface area contributed by atoms with Crippen LogP contribution in [0.4, 0.5) is 0 Å². The molecule has 1 fully saturated rings. The molecule has 1 saturated carbocycles. The van der Waals surface area contributed by atoms with E-state index < -0.39 is 0 Å². The molecule has 0 amide bonds. The van der Waals surface area contributed by atoms with E-state index in [4.69, 9.17) is 0 Å². The first kappa shape index (κ1) is 13.2. The number of hydrogen-bond acceptors (Lipinski definition) is 1. The molecule has 0 bridgehead atoms. The molecule has 18 heavy (non-hydrogen) atoms. The van der Waals surface area contributed by atoms with E-state index in [0.717, 1.165) is 12.1 Å². The molecule has 0 aromatic heterocycles. The molecule has 0 saturated heterocycles. The summed E-state index contributed by atoms with van der Waals surface area (Å²) in [5.41, 5.74) is 1.60. The summed E-state index contributed by atoms with van der Waals surface area (Å²) in [7, 11) is 0. The van der Waals surface area contributed by atoms with Gasteiger partial charge in [0.05, 0.1) is 6.54 Å². The zero-order chi connectivity index (χ0) is 12.8. The van der Waals surface area contributed by atoms with Crippen molar-refractivity contribution in [1.82, 2.24) is 5.32 Å². The van der Waals surface area contributed by atoms with Gasteiger partial charge in [-0.3, -0.25) is 0 Å². The normalized spacial score (nSPS) is 22.0. The lowest BCUT2D eigenvalue weighted by Crippen LogP contribution is -2.37. The topological polar surface area (TPSA) is 12.0 Å². The second-order valence-electron chi connectivity index (χ2n) is 6.01. The molecule has 1 aliphatic carbocycles. The molecule has 1 N–H and O–H groups in total. The fraction of sp³-hybridized carbons (Fsp3) is 0.529. The second kappa shape index (κ2) is 6.07. The van der Waals surface area contributed by atoms with Gasteiger partial charge in [0.25, 0.3) is 0 Å². The van der Waals surface area contributed by atoms with Gasteiger partial charge >= 0.3 is 0 Å². The van der Waals surface area contributed by atoms with Crippen molar-refractivity contribution < 1.29 is 0 Å². The molecule has 1 nitrogen and oxygen atoms in total. The van der Waals surface area contributed by atoms with Crippen LogP contribution in [0, 0.1) is 17.3 Å². The Morgan fingerprint density at radius 2 is 2.06 bits per heavy atom. The van der Waals surface area contributed by atoms with E-state index in [1.807, 2.05) is 18.2 Å². The molecular weight excluding hydrogens is 218 g/mol. The van der Waals surface area contributed by atoms with Crippen molar-refractivity contribution in [3.8, 4) is 11.8 Å². The summed E-state index contributed by atoms with van der Waals surface area (Å²) < 4.78 is 0. The van der Waals surface area contributed by atoms with E-state index >= 15 is 0 Å². The molecule has 1 aromatic carbocycles. The van der Waals surface area contributed by atoms with Gasteiger partial charge in [-0.05, 0) is 36.8 Å². The molecule has 96 valence electrons. The van der Waals surface area contributed by atoms with Crippen LogP contribution in [0.15, 0.2) is 30.3 Å². The molecule has 0 aliphatic heterocycles. The number of benzene rings is 1. The fourth-order valence-electron chi connectivity index (χ4n) is 2.74. The Balaban J connectivity index is 1.77. The van der Waals surface area contributed by atoms with Gasteiger partial charge in [-0.2, -0.15) is 0 Å². The number of nitrogens with one attached hydrogen (secondary N) is 1. The van der Waals surface area contributed by atoms with Crippen LogP contribution in [-0.4, -0.2) is 12.6 Å². The van der Waals surface area contributed by atoms with Crippen molar-refractivity contribution in [2.75, 3.05) is 6.54 Å². The second-order valence-corrected chi connectivity index (χ2v) is 6.01. The van der Waals surface area contributed by atoms with Crippen molar-refractivity contribution in [1.29, 1.82) is 0 Å². The van der Waals surface area contributed by atoms with Crippen LogP contribution in [0.3, 0.4) is 0 Å². The van der Waals surface area contributed by atoms with Gasteiger partial charge in [0.1, 0.15) is 0 Å². The smallest absolute Gasteiger partial charge is 0.0582 e. The van der Waals surface area contributed by atoms with Crippen molar-refractivity contribution in [3.05, 3.63) is 35.9 Å². The highest BCUT2D eigenvalue weighted by Crippen LogP contribution is 2.34. The lowest BCUT2D eigenvalue weighted by atomic mass is 9.75. The first-order chi connectivity index (χ1) is 8.66. The molecular formula is C17H23N. The number of hydrogen-bond donors (Lipinski definition) is 1. The van der Waals surface area contributed by atoms with Crippen molar-refractivity contribution >= 4 is 0 Å². The van der Waals surface area contributed by atoms with Gasteiger partial charge in [-0.1, -0.05) is 50.3 Å². The summed E-state index contributed by atoms with van der Waals surface area (Å²) in [5, 5.41) is 3.57. The Bertz CT molecular complexity index is 422. The predicted molar refractivity (Wildman–Crippen MR) is 77.4 cm³/mol. The van der Waals surface area contributed by atoms with Crippen molar-refractivity contribution in [3.63, 3.8) is 0 Å². The van der Waals surface area contributed by atoms with E-state index in [9.17, 15) is 0 Å². The van der Waals surface area contributed by atoms with Crippen molar-refractivity contribution in [2.24, 2.45) is 5.41 Å². The average Bonchev–Trinajstić information content (AvgIpc) is 2.35. The Hall–Kier alpha value is -1.26. The minimum Gasteiger partial charge on any atom is -0.303 e. The van der Waals surface area contributed by atoms with Crippen LogP contribution >= 0.6 is 0 Å². The molecule has 2 rings (SSSR count). The van der Waals surface area contributed by atoms with Crippen LogP contribution in [0.25, 0.3) is 0 Å². The monoisotopic (exact) mass is 241 g/mol. The van der Waals surface area contributed by atoms with Gasteiger partial charge in [-0.15, -0.1) is 0 Å². The molecule has 1 atom stereocenters. The Labute approximate surface area is 111 Å². The molecule has 0 heterocycles. The Kier molecular flexibility index (Phi) is 4.44. The third kappa shape index (κ3) is 4.20. The Morgan fingerprint density at radius 3 is 2.78 bits per heavy atom. The summed E-state index contributed by atoms with van der Waals surface area (Å²) in [6, 6.07) is 10.8. The van der Waals surface area contributed by atoms with E-state index in [1.165, 1.54) is 25.7 Å². The van der Waals surface area contributed by atoms with Gasteiger partial charge in [0.2, 0.25) is 0 Å². The lowest BCUT2D eigenvalue weighted by Gasteiger charge is -2.35. The van der Waals surface area contributed by atoms with Gasteiger partial charge in [0.15, 0.2) is 0 Å². The zero-order valence-electron chi connectivity index (χ0n) is 11.5. The maximum Gasteiger partial charge on any atom is 0.0582 e. The van der Waals surface area contributed by atoms with Crippen LogP contribution < -0.4 is 5.32 Å². The summed E-state index contributed by atoms with van der Waals surface area (Å²) in [5.74, 6) is 6.41. The summed E-state index contributed by atoms with van der Waals surface area (Å²) in [6.07, 6.45) is 5.29. The molecule has 1 heteroatoms. The minimum atomic E-state index is 0.503. The third-order valence-corrected chi connectivity index (χ3v) is 3.69. The molecule has 1 unspecified atom stereocenters. The molecule has 0 radical (unpaired) electrons. The lowest BCUT2D eigenvalue weighted by molar-refractivity contribution is 0.202. The first-order valence-electron chi connectivity index (χ1n) is 6.93. The quantitative estimate of drug-likeness (QED) is 0.780. The maximum absolute atomic E-state index is 3.57. The van der Waals surface area contributed by atoms with Crippen molar-refractivity contribution in [2.45, 2.75) is 45.6 Å². The maximum atomic E-state index is 3.57. The van der Waals surface area contributed by atoms with Crippen LogP contribution in [-0.2, 0) is 0 Å². The van der Waals surface area contributed by atoms with E-state index in [-0.39, 0.29) is 0 Å². The fourth-order valence-corrected chi connectivity index (χ4v) is 2.74. The van der Waals surface area contributed by atoms with Crippen LogP contribution in [0.1, 0.15) is 45.1 Å². The SMILES string of the molecule is CC1(C)CCCC(NCC#Cc2ccccc2)C1. The van der Waals surface area contributed by atoms with Gasteiger partial charge < -0.3 is 5.32 Å². The summed E-state index contributed by atoms with van der Waals surface area (Å²) in [6.45, 7) is 5.54. The van der Waals surface area contributed by atoms with Crippen LogP contribution in [0.2, 0.25) is 0 Å². The molecule has 1 aromatic rings. The third-order valence-electron chi connectivity index (χ3n) is 3.69. The van der Waals surface area contributed by atoms with Gasteiger partial charge in [0, 0.05) is 11.6 Å². The highest BCUT2D eigenvalue weighted by Gasteiger charge is 2.27. The summed E-state index contributed by atoms with van der Waals surface area (Å²) in [4.78, 5) is 0. The van der Waals surface area contributed by atoms with Gasteiger partial charge in [-0.25, -0.2) is 0 Å². The zero-order valence-corrected chi connectivity index (χ0v) is 11.5. The Morgan fingerprint density at radius 1 is 1.28 bits per heavy atom.